The normalized spacial score (nSPS) is 10.2. The summed E-state index contributed by atoms with van der Waals surface area (Å²) in [4.78, 5) is 4.42. The van der Waals surface area contributed by atoms with Crippen LogP contribution in [-0.4, -0.2) is 23.5 Å². The zero-order valence-corrected chi connectivity index (χ0v) is 12.9. The summed E-state index contributed by atoms with van der Waals surface area (Å²) in [6.45, 7) is 4.81. The molecule has 1 N–H and O–H groups in total. The van der Waals surface area contributed by atoms with Gasteiger partial charge in [-0.2, -0.15) is 17.0 Å². The van der Waals surface area contributed by atoms with E-state index in [2.05, 4.69) is 22.6 Å². The molecule has 3 nitrogen and oxygen atoms in total. The van der Waals surface area contributed by atoms with Gasteiger partial charge in [0.2, 0.25) is 0 Å². The van der Waals surface area contributed by atoms with Crippen molar-refractivity contribution in [2.45, 2.75) is 39.5 Å². The van der Waals surface area contributed by atoms with E-state index < -0.39 is 0 Å². The highest BCUT2D eigenvalue weighted by atomic mass is 32.2. The summed E-state index contributed by atoms with van der Waals surface area (Å²) < 4.78 is 0. The molecule has 0 amide bonds. The smallest absolute Gasteiger partial charge is 0.144 e. The molecule has 0 spiro atoms. The van der Waals surface area contributed by atoms with Crippen LogP contribution in [0.4, 0.5) is 5.82 Å². The van der Waals surface area contributed by atoms with Crippen LogP contribution in [0.25, 0.3) is 0 Å². The Morgan fingerprint density at radius 3 is 2.68 bits per heavy atom. The SMILES string of the molecule is CSCCCCCCNc1nc(C)cc(C)c1C#N. The van der Waals surface area contributed by atoms with Crippen molar-refractivity contribution in [2.75, 3.05) is 23.9 Å². The number of anilines is 1. The monoisotopic (exact) mass is 277 g/mol. The highest BCUT2D eigenvalue weighted by Gasteiger charge is 2.07. The van der Waals surface area contributed by atoms with E-state index >= 15 is 0 Å². The number of aryl methyl sites for hydroxylation is 2. The minimum absolute atomic E-state index is 0.674. The highest BCUT2D eigenvalue weighted by Crippen LogP contribution is 2.17. The molecule has 0 aliphatic carbocycles. The summed E-state index contributed by atoms with van der Waals surface area (Å²) in [5.41, 5.74) is 2.63. The molecule has 1 aromatic heterocycles. The fraction of sp³-hybridized carbons (Fsp3) is 0.600. The van der Waals surface area contributed by atoms with Crippen LogP contribution in [0.15, 0.2) is 6.07 Å². The quantitative estimate of drug-likeness (QED) is 0.732. The Labute approximate surface area is 120 Å². The van der Waals surface area contributed by atoms with Crippen LogP contribution >= 0.6 is 11.8 Å². The molecule has 19 heavy (non-hydrogen) atoms. The van der Waals surface area contributed by atoms with Crippen LogP contribution in [0.5, 0.6) is 0 Å². The van der Waals surface area contributed by atoms with E-state index in [0.717, 1.165) is 30.0 Å². The van der Waals surface area contributed by atoms with Crippen molar-refractivity contribution in [1.82, 2.24) is 4.98 Å². The third kappa shape index (κ3) is 5.52. The molecule has 0 aromatic carbocycles. The van der Waals surface area contributed by atoms with E-state index in [1.807, 2.05) is 31.7 Å². The average Bonchev–Trinajstić information content (AvgIpc) is 2.37. The summed E-state index contributed by atoms with van der Waals surface area (Å²) in [7, 11) is 0. The number of hydrogen-bond donors (Lipinski definition) is 1. The minimum atomic E-state index is 0.674. The summed E-state index contributed by atoms with van der Waals surface area (Å²) in [5.74, 6) is 1.99. The zero-order chi connectivity index (χ0) is 14.1. The van der Waals surface area contributed by atoms with Gasteiger partial charge in [-0.05, 0) is 50.3 Å². The molecule has 0 aliphatic rings. The van der Waals surface area contributed by atoms with Gasteiger partial charge in [-0.15, -0.1) is 0 Å². The van der Waals surface area contributed by atoms with Crippen molar-refractivity contribution in [3.05, 3.63) is 22.9 Å². The number of pyridine rings is 1. The van der Waals surface area contributed by atoms with Gasteiger partial charge in [0.05, 0.1) is 5.56 Å². The lowest BCUT2D eigenvalue weighted by Gasteiger charge is -2.10. The average molecular weight is 277 g/mol. The first-order chi connectivity index (χ1) is 9.19. The first-order valence-corrected chi connectivity index (χ1v) is 8.19. The Morgan fingerprint density at radius 1 is 1.26 bits per heavy atom. The van der Waals surface area contributed by atoms with Gasteiger partial charge in [-0.25, -0.2) is 4.98 Å². The number of rotatable bonds is 8. The number of hydrogen-bond acceptors (Lipinski definition) is 4. The van der Waals surface area contributed by atoms with Gasteiger partial charge in [0.15, 0.2) is 0 Å². The number of thioether (sulfide) groups is 1. The molecule has 0 saturated heterocycles. The Balaban J connectivity index is 2.39. The third-order valence-electron chi connectivity index (χ3n) is 3.02. The predicted octanol–water partition coefficient (Wildman–Crippen LogP) is 3.91. The number of nitriles is 1. The molecule has 0 bridgehead atoms. The van der Waals surface area contributed by atoms with E-state index in [-0.39, 0.29) is 0 Å². The topological polar surface area (TPSA) is 48.7 Å². The Hall–Kier alpha value is -1.21. The minimum Gasteiger partial charge on any atom is -0.369 e. The first-order valence-electron chi connectivity index (χ1n) is 6.80. The standard InChI is InChI=1S/C15H23N3S/c1-12-10-13(2)18-15(14(12)11-16)17-8-6-4-5-7-9-19-3/h10H,4-9H2,1-3H3,(H,17,18). The molecular weight excluding hydrogens is 254 g/mol. The van der Waals surface area contributed by atoms with Crippen LogP contribution in [0.1, 0.15) is 42.5 Å². The molecule has 0 fully saturated rings. The summed E-state index contributed by atoms with van der Waals surface area (Å²) in [5, 5.41) is 12.5. The van der Waals surface area contributed by atoms with Crippen LogP contribution in [0.3, 0.4) is 0 Å². The maximum absolute atomic E-state index is 9.16. The van der Waals surface area contributed by atoms with Crippen LogP contribution in [-0.2, 0) is 0 Å². The second kappa shape index (κ2) is 8.82. The molecule has 0 atom stereocenters. The largest absolute Gasteiger partial charge is 0.369 e. The van der Waals surface area contributed by atoms with Crippen molar-refractivity contribution in [1.29, 1.82) is 5.26 Å². The Bertz CT molecular complexity index is 438. The maximum Gasteiger partial charge on any atom is 0.144 e. The van der Waals surface area contributed by atoms with E-state index in [1.54, 1.807) is 0 Å². The lowest BCUT2D eigenvalue weighted by atomic mass is 10.1. The van der Waals surface area contributed by atoms with Gasteiger partial charge in [-0.1, -0.05) is 12.8 Å². The van der Waals surface area contributed by atoms with Crippen LogP contribution < -0.4 is 5.32 Å². The lowest BCUT2D eigenvalue weighted by molar-refractivity contribution is 0.688. The van der Waals surface area contributed by atoms with Crippen molar-refractivity contribution in [2.24, 2.45) is 0 Å². The van der Waals surface area contributed by atoms with Crippen molar-refractivity contribution in [3.63, 3.8) is 0 Å². The highest BCUT2D eigenvalue weighted by molar-refractivity contribution is 7.98. The van der Waals surface area contributed by atoms with Crippen LogP contribution in [0.2, 0.25) is 0 Å². The lowest BCUT2D eigenvalue weighted by Crippen LogP contribution is -2.07. The molecular formula is C15H23N3S. The molecule has 0 aliphatic heterocycles. The van der Waals surface area contributed by atoms with Gasteiger partial charge in [0.25, 0.3) is 0 Å². The molecule has 1 aromatic rings. The number of nitrogens with zero attached hydrogens (tertiary/aromatic N) is 2. The van der Waals surface area contributed by atoms with Crippen molar-refractivity contribution in [3.8, 4) is 6.07 Å². The third-order valence-corrected chi connectivity index (χ3v) is 3.72. The molecule has 0 radical (unpaired) electrons. The van der Waals surface area contributed by atoms with E-state index in [9.17, 15) is 0 Å². The maximum atomic E-state index is 9.16. The summed E-state index contributed by atoms with van der Waals surface area (Å²) in [6.07, 6.45) is 7.10. The predicted molar refractivity (Wildman–Crippen MR) is 83.8 cm³/mol. The van der Waals surface area contributed by atoms with E-state index in [0.29, 0.717) is 5.56 Å². The van der Waals surface area contributed by atoms with Gasteiger partial charge in [-0.3, -0.25) is 0 Å². The Morgan fingerprint density at radius 2 is 2.00 bits per heavy atom. The fourth-order valence-corrected chi connectivity index (χ4v) is 2.53. The molecule has 104 valence electrons. The van der Waals surface area contributed by atoms with Gasteiger partial charge in [0.1, 0.15) is 11.9 Å². The van der Waals surface area contributed by atoms with Crippen LogP contribution in [0, 0.1) is 25.2 Å². The zero-order valence-electron chi connectivity index (χ0n) is 12.1. The van der Waals surface area contributed by atoms with Gasteiger partial charge >= 0.3 is 0 Å². The molecule has 1 rings (SSSR count). The molecule has 0 unspecified atom stereocenters. The second-order valence-corrected chi connectivity index (χ2v) is 5.74. The first kappa shape index (κ1) is 15.8. The number of aromatic nitrogens is 1. The number of unbranched alkanes of at least 4 members (excludes halogenated alkanes) is 3. The van der Waals surface area contributed by atoms with Gasteiger partial charge < -0.3 is 5.32 Å². The van der Waals surface area contributed by atoms with E-state index in [4.69, 9.17) is 5.26 Å². The molecule has 1 heterocycles. The summed E-state index contributed by atoms with van der Waals surface area (Å²) >= 11 is 1.91. The fourth-order valence-electron chi connectivity index (χ4n) is 2.04. The second-order valence-electron chi connectivity index (χ2n) is 4.75. The van der Waals surface area contributed by atoms with Crippen molar-refractivity contribution >= 4 is 17.6 Å². The van der Waals surface area contributed by atoms with E-state index in [1.165, 1.54) is 25.0 Å². The Kier molecular flexibility index (Phi) is 7.35. The number of nitrogens with one attached hydrogen (secondary N) is 1. The molecule has 0 saturated carbocycles. The van der Waals surface area contributed by atoms with Gasteiger partial charge in [0, 0.05) is 12.2 Å². The van der Waals surface area contributed by atoms with Crippen molar-refractivity contribution < 1.29 is 0 Å². The molecule has 4 heteroatoms. The summed E-state index contributed by atoms with van der Waals surface area (Å²) in [6, 6.07) is 4.18.